The summed E-state index contributed by atoms with van der Waals surface area (Å²) in [5.41, 5.74) is 8.10. The zero-order valence-electron chi connectivity index (χ0n) is 16.9. The SMILES string of the molecule is CNC(=O)Nc1ccc(-c2nc(N)cc(C(C)(C)S(=O)(=O)c3nc(C)cs3)n2)cc1. The van der Waals surface area contributed by atoms with E-state index in [2.05, 4.69) is 25.6 Å². The molecule has 9 nitrogen and oxygen atoms in total. The highest BCUT2D eigenvalue weighted by atomic mass is 32.2. The highest BCUT2D eigenvalue weighted by Gasteiger charge is 2.41. The van der Waals surface area contributed by atoms with Crippen LogP contribution in [0.3, 0.4) is 0 Å². The van der Waals surface area contributed by atoms with Gasteiger partial charge in [-0.25, -0.2) is 28.2 Å². The molecule has 2 amide bonds. The molecule has 0 unspecified atom stereocenters. The van der Waals surface area contributed by atoms with Crippen molar-refractivity contribution in [3.05, 3.63) is 47.1 Å². The Kier molecular flexibility index (Phi) is 5.77. The Morgan fingerprint density at radius 2 is 1.80 bits per heavy atom. The van der Waals surface area contributed by atoms with Crippen LogP contribution in [0, 0.1) is 6.92 Å². The minimum absolute atomic E-state index is 0.0355. The minimum atomic E-state index is -3.80. The lowest BCUT2D eigenvalue weighted by Crippen LogP contribution is -2.31. The van der Waals surface area contributed by atoms with E-state index < -0.39 is 14.6 Å². The van der Waals surface area contributed by atoms with Gasteiger partial charge in [-0.05, 0) is 45.0 Å². The first-order chi connectivity index (χ1) is 14.0. The van der Waals surface area contributed by atoms with Crippen molar-refractivity contribution in [2.24, 2.45) is 0 Å². The van der Waals surface area contributed by atoms with Crippen molar-refractivity contribution in [1.29, 1.82) is 0 Å². The summed E-state index contributed by atoms with van der Waals surface area (Å²) in [6.07, 6.45) is 0. The number of nitrogens with one attached hydrogen (secondary N) is 2. The van der Waals surface area contributed by atoms with Gasteiger partial charge in [-0.2, -0.15) is 0 Å². The quantitative estimate of drug-likeness (QED) is 0.547. The standard InChI is InChI=1S/C19H22N6O3S2/c1-11-10-29-18(22-11)30(27,28)19(2,3)14-9-15(20)25-16(24-14)12-5-7-13(8-6-12)23-17(26)21-4/h5-10H,1-4H3,(H2,20,24,25)(H2,21,23,26). The first-order valence-corrected chi connectivity index (χ1v) is 11.3. The molecule has 3 rings (SSSR count). The molecular weight excluding hydrogens is 424 g/mol. The van der Waals surface area contributed by atoms with Crippen molar-refractivity contribution < 1.29 is 13.2 Å². The minimum Gasteiger partial charge on any atom is -0.384 e. The van der Waals surface area contributed by atoms with E-state index in [0.29, 0.717) is 16.9 Å². The number of amides is 2. The van der Waals surface area contributed by atoms with E-state index in [1.165, 1.54) is 13.1 Å². The molecule has 0 radical (unpaired) electrons. The van der Waals surface area contributed by atoms with Gasteiger partial charge in [0, 0.05) is 35.4 Å². The van der Waals surface area contributed by atoms with E-state index in [9.17, 15) is 13.2 Å². The normalized spacial score (nSPS) is 11.9. The molecule has 11 heteroatoms. The van der Waals surface area contributed by atoms with Gasteiger partial charge in [0.2, 0.25) is 14.2 Å². The fourth-order valence-corrected chi connectivity index (χ4v) is 5.49. The smallest absolute Gasteiger partial charge is 0.318 e. The van der Waals surface area contributed by atoms with Gasteiger partial charge >= 0.3 is 6.03 Å². The highest BCUT2D eigenvalue weighted by molar-refractivity contribution is 7.94. The number of aryl methyl sites for hydroxylation is 1. The number of sulfone groups is 1. The molecule has 0 fully saturated rings. The average molecular weight is 447 g/mol. The van der Waals surface area contributed by atoms with E-state index in [1.807, 2.05) is 0 Å². The van der Waals surface area contributed by atoms with Crippen LogP contribution in [0.4, 0.5) is 16.3 Å². The lowest BCUT2D eigenvalue weighted by Gasteiger charge is -2.23. The van der Waals surface area contributed by atoms with Crippen molar-refractivity contribution in [2.45, 2.75) is 29.9 Å². The van der Waals surface area contributed by atoms with Crippen LogP contribution >= 0.6 is 11.3 Å². The predicted molar refractivity (Wildman–Crippen MR) is 117 cm³/mol. The van der Waals surface area contributed by atoms with Crippen LogP contribution in [0.25, 0.3) is 11.4 Å². The summed E-state index contributed by atoms with van der Waals surface area (Å²) < 4.78 is 25.1. The Bertz CT molecular complexity index is 1190. The monoisotopic (exact) mass is 446 g/mol. The number of anilines is 2. The van der Waals surface area contributed by atoms with Gasteiger partial charge in [-0.1, -0.05) is 0 Å². The number of carbonyl (C=O) groups excluding carboxylic acids is 1. The summed E-state index contributed by atoms with van der Waals surface area (Å²) >= 11 is 1.08. The Morgan fingerprint density at radius 1 is 1.13 bits per heavy atom. The number of carbonyl (C=O) groups is 1. The van der Waals surface area contributed by atoms with Crippen LogP contribution in [-0.4, -0.2) is 36.4 Å². The van der Waals surface area contributed by atoms with E-state index in [4.69, 9.17) is 5.73 Å². The number of urea groups is 1. The number of nitrogens with zero attached hydrogens (tertiary/aromatic N) is 3. The summed E-state index contributed by atoms with van der Waals surface area (Å²) in [5, 5.41) is 6.82. The second-order valence-corrected chi connectivity index (χ2v) is 10.6. The van der Waals surface area contributed by atoms with E-state index in [0.717, 1.165) is 11.3 Å². The third-order valence-electron chi connectivity index (χ3n) is 4.49. The molecular formula is C19H22N6O3S2. The van der Waals surface area contributed by atoms with E-state index in [-0.39, 0.29) is 27.7 Å². The van der Waals surface area contributed by atoms with Gasteiger partial charge in [-0.15, -0.1) is 11.3 Å². The molecule has 0 atom stereocenters. The van der Waals surface area contributed by atoms with Crippen LogP contribution in [0.15, 0.2) is 40.1 Å². The summed E-state index contributed by atoms with van der Waals surface area (Å²) in [4.78, 5) is 24.3. The molecule has 3 aromatic rings. The predicted octanol–water partition coefficient (Wildman–Crippen LogP) is 2.95. The number of nitrogens with two attached hydrogens (primary N) is 1. The van der Waals surface area contributed by atoms with E-state index in [1.54, 1.807) is 50.4 Å². The molecule has 0 aliphatic rings. The van der Waals surface area contributed by atoms with Crippen molar-refractivity contribution in [3.8, 4) is 11.4 Å². The number of thiazole rings is 1. The van der Waals surface area contributed by atoms with Crippen LogP contribution in [-0.2, 0) is 14.6 Å². The topological polar surface area (TPSA) is 140 Å². The number of rotatable bonds is 5. The van der Waals surface area contributed by atoms with Crippen molar-refractivity contribution in [3.63, 3.8) is 0 Å². The third-order valence-corrected chi connectivity index (χ3v) is 8.29. The Labute approximate surface area is 178 Å². The van der Waals surface area contributed by atoms with Crippen molar-refractivity contribution in [2.75, 3.05) is 18.1 Å². The molecule has 4 N–H and O–H groups in total. The van der Waals surface area contributed by atoms with Gasteiger partial charge in [0.05, 0.1) is 5.69 Å². The maximum Gasteiger partial charge on any atom is 0.318 e. The van der Waals surface area contributed by atoms with Crippen LogP contribution < -0.4 is 16.4 Å². The zero-order valence-corrected chi connectivity index (χ0v) is 18.6. The number of benzene rings is 1. The Morgan fingerprint density at radius 3 is 2.37 bits per heavy atom. The van der Waals surface area contributed by atoms with Crippen molar-refractivity contribution >= 4 is 38.7 Å². The summed E-state index contributed by atoms with van der Waals surface area (Å²) in [7, 11) is -2.28. The molecule has 0 saturated heterocycles. The number of hydrogen-bond acceptors (Lipinski definition) is 8. The molecule has 0 bridgehead atoms. The van der Waals surface area contributed by atoms with Crippen molar-refractivity contribution in [1.82, 2.24) is 20.3 Å². The van der Waals surface area contributed by atoms with Gasteiger partial charge in [-0.3, -0.25) is 0 Å². The second-order valence-electron chi connectivity index (χ2n) is 7.05. The van der Waals surface area contributed by atoms with Gasteiger partial charge in [0.1, 0.15) is 10.6 Å². The fourth-order valence-electron chi connectivity index (χ4n) is 2.61. The molecule has 0 aliphatic heterocycles. The first kappa shape index (κ1) is 21.7. The molecule has 0 spiro atoms. The maximum absolute atomic E-state index is 13.2. The second kappa shape index (κ2) is 8.00. The third kappa shape index (κ3) is 4.12. The Balaban J connectivity index is 2.00. The van der Waals surface area contributed by atoms with E-state index >= 15 is 0 Å². The lowest BCUT2D eigenvalue weighted by atomic mass is 10.1. The molecule has 158 valence electrons. The molecule has 2 heterocycles. The summed E-state index contributed by atoms with van der Waals surface area (Å²) in [6.45, 7) is 4.88. The van der Waals surface area contributed by atoms with Gasteiger partial charge in [0.25, 0.3) is 0 Å². The molecule has 0 aliphatic carbocycles. The fraction of sp³-hybridized carbons (Fsp3) is 0.263. The van der Waals surface area contributed by atoms with Crippen LogP contribution in [0.2, 0.25) is 0 Å². The Hall–Kier alpha value is -3.05. The van der Waals surface area contributed by atoms with Gasteiger partial charge < -0.3 is 16.4 Å². The lowest BCUT2D eigenvalue weighted by molar-refractivity contribution is 0.254. The maximum atomic E-state index is 13.2. The average Bonchev–Trinajstić information content (AvgIpc) is 3.15. The number of aromatic nitrogens is 3. The van der Waals surface area contributed by atoms with Crippen LogP contribution in [0.1, 0.15) is 25.2 Å². The molecule has 0 saturated carbocycles. The number of hydrogen-bond donors (Lipinski definition) is 3. The summed E-state index contributed by atoms with van der Waals surface area (Å²) in [6, 6.07) is 7.94. The van der Waals surface area contributed by atoms with Crippen LogP contribution in [0.5, 0.6) is 0 Å². The number of nitrogen functional groups attached to an aromatic ring is 1. The van der Waals surface area contributed by atoms with Gasteiger partial charge in [0.15, 0.2) is 5.82 Å². The first-order valence-electron chi connectivity index (χ1n) is 8.95. The highest BCUT2D eigenvalue weighted by Crippen LogP contribution is 2.36. The summed E-state index contributed by atoms with van der Waals surface area (Å²) in [5.74, 6) is 0.441. The molecule has 30 heavy (non-hydrogen) atoms. The zero-order chi connectivity index (χ0) is 22.1. The molecule has 1 aromatic carbocycles. The molecule has 2 aromatic heterocycles. The largest absolute Gasteiger partial charge is 0.384 e.